The van der Waals surface area contributed by atoms with Gasteiger partial charge in [0, 0.05) is 5.56 Å². The summed E-state index contributed by atoms with van der Waals surface area (Å²) in [6, 6.07) is 15.3. The van der Waals surface area contributed by atoms with E-state index >= 15 is 0 Å². The van der Waals surface area contributed by atoms with E-state index in [1.807, 2.05) is 48.5 Å². The summed E-state index contributed by atoms with van der Waals surface area (Å²) in [5, 5.41) is 17.8. The second-order valence-electron chi connectivity index (χ2n) is 4.86. The van der Waals surface area contributed by atoms with E-state index in [1.165, 1.54) is 0 Å². The van der Waals surface area contributed by atoms with Gasteiger partial charge in [-0.15, -0.1) is 5.10 Å². The number of nitrogens with zero attached hydrogens (tertiary/aromatic N) is 3. The van der Waals surface area contributed by atoms with Crippen LogP contribution in [0.1, 0.15) is 5.69 Å². The zero-order chi connectivity index (χ0) is 14.9. The molecule has 0 saturated carbocycles. The molecule has 6 heteroatoms. The molecule has 1 aromatic heterocycles. The number of benzene rings is 2. The Morgan fingerprint density at radius 1 is 1.05 bits per heavy atom. The summed E-state index contributed by atoms with van der Waals surface area (Å²) in [5.74, 6) is 1.40. The Kier molecular flexibility index (Phi) is 3.01. The Balaban J connectivity index is 1.89. The van der Waals surface area contributed by atoms with Crippen molar-refractivity contribution in [3.63, 3.8) is 0 Å². The molecule has 1 aliphatic heterocycles. The summed E-state index contributed by atoms with van der Waals surface area (Å²) in [6.07, 6.45) is 0. The van der Waals surface area contributed by atoms with Gasteiger partial charge in [-0.3, -0.25) is 0 Å². The summed E-state index contributed by atoms with van der Waals surface area (Å²) in [6.45, 7) is 0.0401. The van der Waals surface area contributed by atoms with Crippen LogP contribution < -0.4 is 9.47 Å². The molecule has 0 unspecified atom stereocenters. The lowest BCUT2D eigenvalue weighted by molar-refractivity contribution is 0.174. The Morgan fingerprint density at radius 2 is 1.86 bits per heavy atom. The van der Waals surface area contributed by atoms with Crippen LogP contribution in [0.3, 0.4) is 0 Å². The highest BCUT2D eigenvalue weighted by atomic mass is 16.7. The molecule has 0 fully saturated rings. The number of hydrogen-bond acceptors (Lipinski definition) is 5. The van der Waals surface area contributed by atoms with Gasteiger partial charge in [0.15, 0.2) is 11.5 Å². The van der Waals surface area contributed by atoms with E-state index in [0.717, 1.165) is 16.9 Å². The van der Waals surface area contributed by atoms with Crippen LogP contribution in [0.4, 0.5) is 0 Å². The predicted octanol–water partition coefficient (Wildman–Crippen LogP) is 2.16. The summed E-state index contributed by atoms with van der Waals surface area (Å²) >= 11 is 0. The first-order valence-corrected chi connectivity index (χ1v) is 6.87. The van der Waals surface area contributed by atoms with E-state index in [1.54, 1.807) is 4.68 Å². The topological polar surface area (TPSA) is 69.4 Å². The number of ether oxygens (including phenoxy) is 2. The molecule has 0 radical (unpaired) electrons. The van der Waals surface area contributed by atoms with Crippen molar-refractivity contribution in [3.8, 4) is 28.4 Å². The van der Waals surface area contributed by atoms with Gasteiger partial charge in [0.25, 0.3) is 0 Å². The molecule has 4 rings (SSSR count). The third-order valence-corrected chi connectivity index (χ3v) is 3.54. The Labute approximate surface area is 126 Å². The lowest BCUT2D eigenvalue weighted by Crippen LogP contribution is -2.00. The fourth-order valence-corrected chi connectivity index (χ4v) is 2.50. The largest absolute Gasteiger partial charge is 0.454 e. The molecule has 0 amide bonds. The van der Waals surface area contributed by atoms with E-state index in [-0.39, 0.29) is 13.4 Å². The fourth-order valence-electron chi connectivity index (χ4n) is 2.50. The molecule has 0 atom stereocenters. The first kappa shape index (κ1) is 12.8. The maximum atomic E-state index is 9.56. The monoisotopic (exact) mass is 295 g/mol. The lowest BCUT2D eigenvalue weighted by atomic mass is 10.1. The average molecular weight is 295 g/mol. The summed E-state index contributed by atoms with van der Waals surface area (Å²) < 4.78 is 12.5. The summed E-state index contributed by atoms with van der Waals surface area (Å²) in [7, 11) is 0. The molecule has 3 aromatic rings. The molecular weight excluding hydrogens is 282 g/mol. The number of rotatable bonds is 3. The normalized spacial score (nSPS) is 12.6. The van der Waals surface area contributed by atoms with E-state index in [4.69, 9.17) is 9.47 Å². The van der Waals surface area contributed by atoms with Gasteiger partial charge in [-0.25, -0.2) is 4.68 Å². The maximum Gasteiger partial charge on any atom is 0.231 e. The predicted molar refractivity (Wildman–Crippen MR) is 78.8 cm³/mol. The number of hydrogen-bond donors (Lipinski definition) is 1. The number of aliphatic hydroxyl groups is 1. The number of aliphatic hydroxyl groups excluding tert-OH is 1. The van der Waals surface area contributed by atoms with Crippen molar-refractivity contribution in [2.45, 2.75) is 6.61 Å². The van der Waals surface area contributed by atoms with Gasteiger partial charge in [0.1, 0.15) is 11.4 Å². The summed E-state index contributed by atoms with van der Waals surface area (Å²) in [5.41, 5.74) is 3.00. The van der Waals surface area contributed by atoms with Crippen molar-refractivity contribution in [1.29, 1.82) is 0 Å². The van der Waals surface area contributed by atoms with Crippen LogP contribution in [0.15, 0.2) is 48.5 Å². The molecular formula is C16H13N3O3. The molecule has 0 spiro atoms. The van der Waals surface area contributed by atoms with Crippen molar-refractivity contribution in [1.82, 2.24) is 15.0 Å². The quantitative estimate of drug-likeness (QED) is 0.802. The third kappa shape index (κ3) is 2.01. The minimum atomic E-state index is -0.184. The van der Waals surface area contributed by atoms with Crippen LogP contribution in [-0.4, -0.2) is 26.9 Å². The number of para-hydroxylation sites is 1. The molecule has 0 bridgehead atoms. The Bertz CT molecular complexity index is 815. The highest BCUT2D eigenvalue weighted by Gasteiger charge is 2.19. The van der Waals surface area contributed by atoms with Gasteiger partial charge in [0.05, 0.1) is 12.3 Å². The standard InChI is InChI=1S/C16H13N3O3/c20-9-13-16(11-6-7-14-15(8-11)22-10-21-14)19(18-17-13)12-4-2-1-3-5-12/h1-8,20H,9-10H2. The first-order chi connectivity index (χ1) is 10.9. The maximum absolute atomic E-state index is 9.56. The lowest BCUT2D eigenvalue weighted by Gasteiger charge is -2.08. The fraction of sp³-hybridized carbons (Fsp3) is 0.125. The van der Waals surface area contributed by atoms with Crippen molar-refractivity contribution in [2.24, 2.45) is 0 Å². The van der Waals surface area contributed by atoms with Crippen molar-refractivity contribution in [2.75, 3.05) is 6.79 Å². The first-order valence-electron chi connectivity index (χ1n) is 6.87. The molecule has 110 valence electrons. The van der Waals surface area contributed by atoms with Crippen LogP contribution in [-0.2, 0) is 6.61 Å². The Morgan fingerprint density at radius 3 is 2.68 bits per heavy atom. The SMILES string of the molecule is OCc1nnn(-c2ccccc2)c1-c1ccc2c(c1)OCO2. The highest BCUT2D eigenvalue weighted by Crippen LogP contribution is 2.37. The highest BCUT2D eigenvalue weighted by molar-refractivity contribution is 5.68. The van der Waals surface area contributed by atoms with E-state index in [0.29, 0.717) is 17.2 Å². The molecule has 0 aliphatic carbocycles. The zero-order valence-corrected chi connectivity index (χ0v) is 11.6. The molecule has 1 N–H and O–H groups in total. The van der Waals surface area contributed by atoms with Crippen LogP contribution in [0.5, 0.6) is 11.5 Å². The number of aromatic nitrogens is 3. The van der Waals surface area contributed by atoms with Gasteiger partial charge >= 0.3 is 0 Å². The van der Waals surface area contributed by atoms with Crippen LogP contribution >= 0.6 is 0 Å². The van der Waals surface area contributed by atoms with Crippen LogP contribution in [0.25, 0.3) is 16.9 Å². The van der Waals surface area contributed by atoms with Gasteiger partial charge in [-0.05, 0) is 30.3 Å². The van der Waals surface area contributed by atoms with Crippen molar-refractivity contribution in [3.05, 3.63) is 54.2 Å². The van der Waals surface area contributed by atoms with Crippen molar-refractivity contribution < 1.29 is 14.6 Å². The zero-order valence-electron chi connectivity index (χ0n) is 11.6. The molecule has 2 heterocycles. The van der Waals surface area contributed by atoms with E-state index < -0.39 is 0 Å². The molecule has 2 aromatic carbocycles. The molecule has 1 aliphatic rings. The third-order valence-electron chi connectivity index (χ3n) is 3.54. The van der Waals surface area contributed by atoms with E-state index in [2.05, 4.69) is 10.3 Å². The van der Waals surface area contributed by atoms with Gasteiger partial charge in [-0.1, -0.05) is 23.4 Å². The van der Waals surface area contributed by atoms with E-state index in [9.17, 15) is 5.11 Å². The molecule has 0 saturated heterocycles. The molecule has 22 heavy (non-hydrogen) atoms. The van der Waals surface area contributed by atoms with Gasteiger partial charge in [0.2, 0.25) is 6.79 Å². The second kappa shape index (κ2) is 5.16. The molecule has 6 nitrogen and oxygen atoms in total. The van der Waals surface area contributed by atoms with Gasteiger partial charge < -0.3 is 14.6 Å². The smallest absolute Gasteiger partial charge is 0.231 e. The van der Waals surface area contributed by atoms with Crippen molar-refractivity contribution >= 4 is 0 Å². The minimum Gasteiger partial charge on any atom is -0.454 e. The minimum absolute atomic E-state index is 0.184. The Hall–Kier alpha value is -2.86. The van der Waals surface area contributed by atoms with Crippen LogP contribution in [0, 0.1) is 0 Å². The summed E-state index contributed by atoms with van der Waals surface area (Å²) in [4.78, 5) is 0. The average Bonchev–Trinajstić information content (AvgIpc) is 3.21. The number of fused-ring (bicyclic) bond motifs is 1. The second-order valence-corrected chi connectivity index (χ2v) is 4.86. The van der Waals surface area contributed by atoms with Gasteiger partial charge in [-0.2, -0.15) is 0 Å². The van der Waals surface area contributed by atoms with Crippen LogP contribution in [0.2, 0.25) is 0 Å².